The fourth-order valence-corrected chi connectivity index (χ4v) is 4.56. The third-order valence-corrected chi connectivity index (χ3v) is 6.23. The van der Waals surface area contributed by atoms with Crippen molar-refractivity contribution < 1.29 is 31.1 Å². The summed E-state index contributed by atoms with van der Waals surface area (Å²) in [6, 6.07) is 12.6. The molecule has 2 aromatic carbocycles. The van der Waals surface area contributed by atoms with E-state index in [1.54, 1.807) is 6.07 Å². The van der Waals surface area contributed by atoms with E-state index in [1.165, 1.54) is 36.4 Å². The highest BCUT2D eigenvalue weighted by atomic mass is 19.4. The molecule has 0 bridgehead atoms. The van der Waals surface area contributed by atoms with E-state index in [2.05, 4.69) is 20.3 Å². The van der Waals surface area contributed by atoms with Gasteiger partial charge in [0.25, 0.3) is 0 Å². The average Bonchev–Trinajstić information content (AvgIpc) is 2.87. The number of nitrogens with zero attached hydrogens (tertiary/aromatic N) is 4. The minimum absolute atomic E-state index is 0.0734. The van der Waals surface area contributed by atoms with Gasteiger partial charge in [0.2, 0.25) is 5.95 Å². The SMILES string of the molecule is C[C@@H]1CN(c2nc(Nc3ccc(C(F)(F)F)cc3)c3ccc(-c4ccccc4C(F)(F)F)nc3n2)C[C@H](C)O1. The minimum atomic E-state index is -4.58. The molecule has 1 N–H and O–H groups in total. The van der Waals surface area contributed by atoms with Gasteiger partial charge >= 0.3 is 12.4 Å². The quantitative estimate of drug-likeness (QED) is 0.276. The number of aromatic nitrogens is 3. The van der Waals surface area contributed by atoms with Crippen LogP contribution in [0.25, 0.3) is 22.3 Å². The summed E-state index contributed by atoms with van der Waals surface area (Å²) in [4.78, 5) is 15.5. The molecule has 1 aliphatic rings. The second-order valence-electron chi connectivity index (χ2n) is 9.35. The van der Waals surface area contributed by atoms with Gasteiger partial charge < -0.3 is 15.0 Å². The predicted molar refractivity (Wildman–Crippen MR) is 135 cm³/mol. The number of fused-ring (bicyclic) bond motifs is 1. The molecule has 0 spiro atoms. The van der Waals surface area contributed by atoms with E-state index in [9.17, 15) is 26.3 Å². The molecular weight excluding hydrogens is 524 g/mol. The summed E-state index contributed by atoms with van der Waals surface area (Å²) >= 11 is 0. The first-order chi connectivity index (χ1) is 18.4. The second-order valence-corrected chi connectivity index (χ2v) is 9.35. The van der Waals surface area contributed by atoms with E-state index in [0.29, 0.717) is 24.2 Å². The Kier molecular flexibility index (Phi) is 6.83. The fraction of sp³-hybridized carbons (Fsp3) is 0.296. The van der Waals surface area contributed by atoms with Crippen LogP contribution in [0.3, 0.4) is 0 Å². The summed E-state index contributed by atoms with van der Waals surface area (Å²) in [5, 5.41) is 3.42. The number of rotatable bonds is 4. The monoisotopic (exact) mass is 547 g/mol. The molecule has 3 heterocycles. The van der Waals surface area contributed by atoms with Crippen molar-refractivity contribution in [1.82, 2.24) is 15.0 Å². The lowest BCUT2D eigenvalue weighted by Gasteiger charge is -2.35. The van der Waals surface area contributed by atoms with Crippen molar-refractivity contribution in [2.75, 3.05) is 23.3 Å². The van der Waals surface area contributed by atoms with Crippen LogP contribution in [-0.4, -0.2) is 40.2 Å². The van der Waals surface area contributed by atoms with E-state index < -0.39 is 23.5 Å². The maximum absolute atomic E-state index is 13.7. The second kappa shape index (κ2) is 9.99. The lowest BCUT2D eigenvalue weighted by molar-refractivity contribution is -0.138. The number of morpholine rings is 1. The van der Waals surface area contributed by atoms with Crippen LogP contribution in [0, 0.1) is 0 Å². The summed E-state index contributed by atoms with van der Waals surface area (Å²) in [5.74, 6) is 0.525. The topological polar surface area (TPSA) is 63.2 Å². The molecule has 2 aromatic heterocycles. The highest BCUT2D eigenvalue weighted by Gasteiger charge is 2.34. The first-order valence-electron chi connectivity index (χ1n) is 12.1. The zero-order valence-corrected chi connectivity index (χ0v) is 20.8. The maximum atomic E-state index is 13.7. The van der Waals surface area contributed by atoms with E-state index in [1.807, 2.05) is 18.7 Å². The van der Waals surface area contributed by atoms with Crippen molar-refractivity contribution >= 4 is 28.5 Å². The van der Waals surface area contributed by atoms with Crippen LogP contribution in [0.1, 0.15) is 25.0 Å². The van der Waals surface area contributed by atoms with Gasteiger partial charge in [-0.3, -0.25) is 0 Å². The zero-order valence-electron chi connectivity index (χ0n) is 20.8. The molecule has 204 valence electrons. The van der Waals surface area contributed by atoms with Crippen LogP contribution >= 0.6 is 0 Å². The number of pyridine rings is 1. The van der Waals surface area contributed by atoms with Crippen LogP contribution in [0.15, 0.2) is 60.7 Å². The molecule has 0 saturated carbocycles. The Bertz CT molecular complexity index is 1480. The number of anilines is 3. The number of ether oxygens (including phenoxy) is 1. The summed E-state index contributed by atoms with van der Waals surface area (Å²) in [6.07, 6.45) is -9.32. The maximum Gasteiger partial charge on any atom is 0.417 e. The van der Waals surface area contributed by atoms with Gasteiger partial charge in [-0.15, -0.1) is 0 Å². The Balaban J connectivity index is 1.62. The number of alkyl halides is 6. The Hall–Kier alpha value is -3.93. The Morgan fingerprint density at radius 1 is 0.795 bits per heavy atom. The predicted octanol–water partition coefficient (Wildman–Crippen LogP) is 7.09. The van der Waals surface area contributed by atoms with Crippen molar-refractivity contribution in [1.29, 1.82) is 0 Å². The van der Waals surface area contributed by atoms with Crippen molar-refractivity contribution in [3.8, 4) is 11.3 Å². The van der Waals surface area contributed by atoms with Crippen LogP contribution < -0.4 is 10.2 Å². The van der Waals surface area contributed by atoms with Gasteiger partial charge in [0.15, 0.2) is 5.65 Å². The number of benzene rings is 2. The number of nitrogens with one attached hydrogen (secondary N) is 1. The third-order valence-electron chi connectivity index (χ3n) is 6.23. The molecule has 2 atom stereocenters. The van der Waals surface area contributed by atoms with Gasteiger partial charge in [-0.2, -0.15) is 36.3 Å². The van der Waals surface area contributed by atoms with Crippen molar-refractivity contribution in [3.63, 3.8) is 0 Å². The molecule has 12 heteroatoms. The van der Waals surface area contributed by atoms with Gasteiger partial charge in [0.05, 0.1) is 34.4 Å². The smallest absolute Gasteiger partial charge is 0.372 e. The minimum Gasteiger partial charge on any atom is -0.372 e. The van der Waals surface area contributed by atoms with Gasteiger partial charge in [0, 0.05) is 24.3 Å². The Morgan fingerprint density at radius 2 is 1.46 bits per heavy atom. The normalized spacial score (nSPS) is 18.4. The average molecular weight is 548 g/mol. The molecule has 0 amide bonds. The molecule has 1 aliphatic heterocycles. The molecular formula is C27H23F6N5O. The van der Waals surface area contributed by atoms with E-state index in [4.69, 9.17) is 4.74 Å². The van der Waals surface area contributed by atoms with E-state index >= 15 is 0 Å². The number of halogens is 6. The molecule has 4 aromatic rings. The highest BCUT2D eigenvalue weighted by Crippen LogP contribution is 2.37. The molecule has 6 nitrogen and oxygen atoms in total. The molecule has 0 aliphatic carbocycles. The van der Waals surface area contributed by atoms with Gasteiger partial charge in [-0.1, -0.05) is 18.2 Å². The largest absolute Gasteiger partial charge is 0.417 e. The molecule has 1 fully saturated rings. The molecule has 1 saturated heterocycles. The Morgan fingerprint density at radius 3 is 2.10 bits per heavy atom. The molecule has 39 heavy (non-hydrogen) atoms. The van der Waals surface area contributed by atoms with E-state index in [-0.39, 0.29) is 40.9 Å². The summed E-state index contributed by atoms with van der Waals surface area (Å²) in [7, 11) is 0. The lowest BCUT2D eigenvalue weighted by atomic mass is 10.0. The molecule has 5 rings (SSSR count). The summed E-state index contributed by atoms with van der Waals surface area (Å²) in [5.41, 5.74) is -1.18. The summed E-state index contributed by atoms with van der Waals surface area (Å²) < 4.78 is 85.9. The molecule has 0 radical (unpaired) electrons. The fourth-order valence-electron chi connectivity index (χ4n) is 4.56. The Labute approximate surface area is 219 Å². The summed E-state index contributed by atoms with van der Waals surface area (Å²) in [6.45, 7) is 4.73. The van der Waals surface area contributed by atoms with Crippen LogP contribution in [0.5, 0.6) is 0 Å². The lowest BCUT2D eigenvalue weighted by Crippen LogP contribution is -2.46. The third kappa shape index (κ3) is 5.75. The first kappa shape index (κ1) is 26.7. The van der Waals surface area contributed by atoms with Crippen LogP contribution in [-0.2, 0) is 17.1 Å². The van der Waals surface area contributed by atoms with Gasteiger partial charge in [-0.25, -0.2) is 4.98 Å². The number of hydrogen-bond acceptors (Lipinski definition) is 6. The first-order valence-corrected chi connectivity index (χ1v) is 12.1. The van der Waals surface area contributed by atoms with Crippen molar-refractivity contribution in [2.45, 2.75) is 38.4 Å². The van der Waals surface area contributed by atoms with E-state index in [0.717, 1.165) is 18.2 Å². The zero-order chi connectivity index (χ0) is 27.9. The van der Waals surface area contributed by atoms with Gasteiger partial charge in [0.1, 0.15) is 5.82 Å². The van der Waals surface area contributed by atoms with Crippen molar-refractivity contribution in [2.24, 2.45) is 0 Å². The van der Waals surface area contributed by atoms with Gasteiger partial charge in [-0.05, 0) is 56.3 Å². The molecule has 0 unspecified atom stereocenters. The van der Waals surface area contributed by atoms with Crippen LogP contribution in [0.4, 0.5) is 43.8 Å². The van der Waals surface area contributed by atoms with Crippen LogP contribution in [0.2, 0.25) is 0 Å². The number of hydrogen-bond donors (Lipinski definition) is 1. The van der Waals surface area contributed by atoms with Crippen molar-refractivity contribution in [3.05, 3.63) is 71.8 Å². The standard InChI is InChI=1S/C27H23F6N5O/c1-15-13-38(14-16(2)39-15)25-36-23(34-18-9-7-17(8-10-18)26(28,29)30)20-11-12-22(35-24(20)37-25)19-5-3-4-6-21(19)27(31,32)33/h3-12,15-16H,13-14H2,1-2H3,(H,34,35,36,37)/t15-,16+. The highest BCUT2D eigenvalue weighted by molar-refractivity contribution is 5.91.